The van der Waals surface area contributed by atoms with Crippen LogP contribution in [0.2, 0.25) is 0 Å². The Morgan fingerprint density at radius 2 is 1.97 bits per heavy atom. The Morgan fingerprint density at radius 3 is 2.68 bits per heavy atom. The molecule has 0 bridgehead atoms. The van der Waals surface area contributed by atoms with Gasteiger partial charge in [-0.2, -0.15) is 0 Å². The number of H-pyrrole nitrogens is 1. The maximum atomic E-state index is 13.5. The van der Waals surface area contributed by atoms with E-state index < -0.39 is 0 Å². The lowest BCUT2D eigenvalue weighted by Gasteiger charge is -2.42. The minimum atomic E-state index is -0.319. The second-order valence-electron chi connectivity index (χ2n) is 10.1. The number of hydrogen-bond donors (Lipinski definition) is 4. The Balaban J connectivity index is 1.31. The van der Waals surface area contributed by atoms with E-state index in [2.05, 4.69) is 55.2 Å². The molecule has 4 N–H and O–H groups in total. The van der Waals surface area contributed by atoms with Crippen LogP contribution in [0.4, 0.5) is 11.6 Å². The average Bonchev–Trinajstić information content (AvgIpc) is 3.29. The third-order valence-electron chi connectivity index (χ3n) is 7.04. The van der Waals surface area contributed by atoms with Crippen LogP contribution in [0, 0.1) is 0 Å². The van der Waals surface area contributed by atoms with Gasteiger partial charge in [0.05, 0.1) is 12.7 Å². The fourth-order valence-corrected chi connectivity index (χ4v) is 4.91. The van der Waals surface area contributed by atoms with E-state index in [4.69, 9.17) is 0 Å². The molecule has 0 atom stereocenters. The van der Waals surface area contributed by atoms with Crippen molar-refractivity contribution in [1.29, 1.82) is 0 Å². The van der Waals surface area contributed by atoms with E-state index in [1.54, 1.807) is 18.6 Å². The molecule has 1 aliphatic carbocycles. The van der Waals surface area contributed by atoms with Crippen LogP contribution in [0.15, 0.2) is 65.8 Å². The molecule has 0 aliphatic heterocycles. The quantitative estimate of drug-likeness (QED) is 0.264. The van der Waals surface area contributed by atoms with Crippen molar-refractivity contribution < 1.29 is 4.79 Å². The summed E-state index contributed by atoms with van der Waals surface area (Å²) < 4.78 is 1.45. The van der Waals surface area contributed by atoms with E-state index in [0.717, 1.165) is 29.4 Å². The van der Waals surface area contributed by atoms with Crippen molar-refractivity contribution in [2.24, 2.45) is 0 Å². The van der Waals surface area contributed by atoms with Gasteiger partial charge in [0, 0.05) is 47.0 Å². The topological polar surface area (TPSA) is 117 Å². The number of nitrogens with one attached hydrogen (secondary N) is 4. The Hall–Kier alpha value is -4.14. The molecule has 4 aromatic rings. The fourth-order valence-electron chi connectivity index (χ4n) is 4.91. The minimum absolute atomic E-state index is 0.00153. The van der Waals surface area contributed by atoms with Gasteiger partial charge < -0.3 is 20.9 Å². The first kappa shape index (κ1) is 24.5. The summed E-state index contributed by atoms with van der Waals surface area (Å²) >= 11 is 0. The van der Waals surface area contributed by atoms with E-state index in [0.29, 0.717) is 18.9 Å². The number of pyridine rings is 1. The monoisotopic (exact) mass is 499 g/mol. The second kappa shape index (κ2) is 10.5. The molecule has 1 saturated carbocycles. The Morgan fingerprint density at radius 1 is 1.16 bits per heavy atom. The molecule has 5 rings (SSSR count). The van der Waals surface area contributed by atoms with E-state index in [1.165, 1.54) is 16.6 Å². The van der Waals surface area contributed by atoms with Gasteiger partial charge in [-0.15, -0.1) is 0 Å². The van der Waals surface area contributed by atoms with Crippen LogP contribution in [0.5, 0.6) is 0 Å². The van der Waals surface area contributed by atoms with Crippen LogP contribution in [0.1, 0.15) is 44.4 Å². The van der Waals surface area contributed by atoms with Crippen molar-refractivity contribution in [3.63, 3.8) is 0 Å². The summed E-state index contributed by atoms with van der Waals surface area (Å²) in [7, 11) is 0. The molecular weight excluding hydrogens is 466 g/mol. The molecule has 0 saturated heterocycles. The van der Waals surface area contributed by atoms with Crippen LogP contribution in [-0.2, 0) is 23.3 Å². The summed E-state index contributed by atoms with van der Waals surface area (Å²) in [5.74, 6) is 0.508. The number of hydrogen-bond acceptors (Lipinski definition) is 6. The van der Waals surface area contributed by atoms with E-state index in [9.17, 15) is 9.59 Å². The van der Waals surface area contributed by atoms with Gasteiger partial charge in [-0.25, -0.2) is 4.98 Å². The molecule has 3 aromatic heterocycles. The maximum Gasteiger partial charge on any atom is 0.295 e. The predicted octanol–water partition coefficient (Wildman–Crippen LogP) is 3.79. The van der Waals surface area contributed by atoms with Crippen molar-refractivity contribution in [2.75, 3.05) is 17.2 Å². The van der Waals surface area contributed by atoms with Crippen LogP contribution in [0.25, 0.3) is 10.9 Å². The molecule has 0 spiro atoms. The summed E-state index contributed by atoms with van der Waals surface area (Å²) in [4.78, 5) is 38.2. The number of rotatable bonds is 10. The number of aromatic nitrogens is 4. The van der Waals surface area contributed by atoms with E-state index >= 15 is 0 Å². The smallest absolute Gasteiger partial charge is 0.295 e. The van der Waals surface area contributed by atoms with Crippen molar-refractivity contribution in [3.8, 4) is 0 Å². The first-order chi connectivity index (χ1) is 17.9. The van der Waals surface area contributed by atoms with Crippen molar-refractivity contribution in [1.82, 2.24) is 24.8 Å². The number of carbonyl (C=O) groups is 1. The molecule has 1 fully saturated rings. The van der Waals surface area contributed by atoms with Gasteiger partial charge in [0.2, 0.25) is 5.91 Å². The fraction of sp³-hybridized carbons (Fsp3) is 0.357. The molecular formula is C28H33N7O2. The normalized spacial score (nSPS) is 14.4. The molecule has 1 aliphatic rings. The van der Waals surface area contributed by atoms with Gasteiger partial charge in [0.1, 0.15) is 12.4 Å². The van der Waals surface area contributed by atoms with E-state index in [-0.39, 0.29) is 35.3 Å². The SMILES string of the molecule is CC(C)Nc1cnc(NCC2(c3ccccc3)CCC2)c(=O)n1CC(=O)NCc1cc2cnccc2[nH]1. The Labute approximate surface area is 215 Å². The Kier molecular flexibility index (Phi) is 6.94. The minimum Gasteiger partial charge on any atom is -0.368 e. The molecule has 37 heavy (non-hydrogen) atoms. The van der Waals surface area contributed by atoms with Gasteiger partial charge >= 0.3 is 0 Å². The molecule has 0 unspecified atom stereocenters. The van der Waals surface area contributed by atoms with Crippen molar-refractivity contribution in [2.45, 2.75) is 57.7 Å². The zero-order valence-corrected chi connectivity index (χ0v) is 21.3. The number of aromatic amines is 1. The van der Waals surface area contributed by atoms with Crippen LogP contribution >= 0.6 is 0 Å². The predicted molar refractivity (Wildman–Crippen MR) is 146 cm³/mol. The largest absolute Gasteiger partial charge is 0.368 e. The van der Waals surface area contributed by atoms with Gasteiger partial charge in [-0.1, -0.05) is 36.8 Å². The molecule has 1 amide bonds. The highest BCUT2D eigenvalue weighted by Crippen LogP contribution is 2.43. The number of benzene rings is 1. The van der Waals surface area contributed by atoms with Gasteiger partial charge in [0.25, 0.3) is 5.56 Å². The number of anilines is 2. The summed E-state index contributed by atoms with van der Waals surface area (Å²) in [6, 6.07) is 14.3. The average molecular weight is 500 g/mol. The van der Waals surface area contributed by atoms with Crippen LogP contribution < -0.4 is 21.5 Å². The first-order valence-electron chi connectivity index (χ1n) is 12.8. The number of fused-ring (bicyclic) bond motifs is 1. The molecule has 9 heteroatoms. The first-order valence-corrected chi connectivity index (χ1v) is 12.8. The third-order valence-corrected chi connectivity index (χ3v) is 7.04. The highest BCUT2D eigenvalue weighted by molar-refractivity contribution is 5.80. The summed E-state index contributed by atoms with van der Waals surface area (Å²) in [5, 5.41) is 10.4. The lowest BCUT2D eigenvalue weighted by Crippen LogP contribution is -2.42. The summed E-state index contributed by atoms with van der Waals surface area (Å²) in [6.07, 6.45) is 8.42. The number of amides is 1. The molecule has 3 heterocycles. The lowest BCUT2D eigenvalue weighted by atomic mass is 9.64. The highest BCUT2D eigenvalue weighted by Gasteiger charge is 2.38. The number of carbonyl (C=O) groups excluding carboxylic acids is 1. The maximum absolute atomic E-state index is 13.5. The van der Waals surface area contributed by atoms with E-state index in [1.807, 2.05) is 32.0 Å². The van der Waals surface area contributed by atoms with Crippen LogP contribution in [-0.4, -0.2) is 38.0 Å². The molecule has 0 radical (unpaired) electrons. The highest BCUT2D eigenvalue weighted by atomic mass is 16.2. The van der Waals surface area contributed by atoms with Gasteiger partial charge in [0.15, 0.2) is 5.82 Å². The summed E-state index contributed by atoms with van der Waals surface area (Å²) in [5.41, 5.74) is 2.79. The molecule has 1 aromatic carbocycles. The zero-order valence-electron chi connectivity index (χ0n) is 21.3. The summed E-state index contributed by atoms with van der Waals surface area (Å²) in [6.45, 7) is 4.79. The van der Waals surface area contributed by atoms with Crippen molar-refractivity contribution >= 4 is 28.4 Å². The molecule has 9 nitrogen and oxygen atoms in total. The van der Waals surface area contributed by atoms with Crippen LogP contribution in [0.3, 0.4) is 0 Å². The van der Waals surface area contributed by atoms with Gasteiger partial charge in [-0.05, 0) is 44.4 Å². The standard InChI is InChI=1S/C28H33N7O2/c1-19(2)33-24-16-31-26(32-18-28(10-6-11-28)21-7-4-3-5-8-21)27(37)35(24)17-25(36)30-15-22-13-20-14-29-12-9-23(20)34-22/h3-5,7-9,12-14,16,19,33-34H,6,10-11,15,17-18H2,1-2H3,(H,30,36)(H,31,32). The van der Waals surface area contributed by atoms with Gasteiger partial charge in [-0.3, -0.25) is 19.1 Å². The Bertz CT molecular complexity index is 1400. The lowest BCUT2D eigenvalue weighted by molar-refractivity contribution is -0.121. The second-order valence-corrected chi connectivity index (χ2v) is 10.1. The van der Waals surface area contributed by atoms with Crippen molar-refractivity contribution in [3.05, 3.63) is 82.7 Å². The third kappa shape index (κ3) is 5.35. The zero-order chi connectivity index (χ0) is 25.8. The number of nitrogens with zero attached hydrogens (tertiary/aromatic N) is 3. The molecule has 192 valence electrons.